The Kier molecular flexibility index (Phi) is 7.27. The van der Waals surface area contributed by atoms with Crippen LogP contribution in [0.25, 0.3) is 0 Å². The zero-order chi connectivity index (χ0) is 21.6. The van der Waals surface area contributed by atoms with E-state index >= 15 is 0 Å². The van der Waals surface area contributed by atoms with E-state index in [9.17, 15) is 4.39 Å². The highest BCUT2D eigenvalue weighted by Crippen LogP contribution is 2.30. The Morgan fingerprint density at radius 1 is 1.35 bits per heavy atom. The predicted molar refractivity (Wildman–Crippen MR) is 125 cm³/mol. The second-order valence-electron chi connectivity index (χ2n) is 8.37. The Morgan fingerprint density at radius 2 is 2.16 bits per heavy atom. The summed E-state index contributed by atoms with van der Waals surface area (Å²) in [5.41, 5.74) is 1.96. The van der Waals surface area contributed by atoms with Gasteiger partial charge in [0.1, 0.15) is 0 Å². The SMILES string of the molecule is CN=C(NCCc1csc(N2CCCC2)n1)NC(C)c1ccc(OCC2CC2)c(F)c1. The third-order valence-corrected chi connectivity index (χ3v) is 6.74. The summed E-state index contributed by atoms with van der Waals surface area (Å²) in [5.74, 6) is 1.32. The van der Waals surface area contributed by atoms with Crippen LogP contribution in [0.4, 0.5) is 9.52 Å². The van der Waals surface area contributed by atoms with E-state index in [1.165, 1.54) is 25.7 Å². The number of aromatic nitrogens is 1. The van der Waals surface area contributed by atoms with Crippen LogP contribution in [-0.2, 0) is 6.42 Å². The molecule has 6 nitrogen and oxygen atoms in total. The van der Waals surface area contributed by atoms with Gasteiger partial charge in [0, 0.05) is 38.5 Å². The van der Waals surface area contributed by atoms with Gasteiger partial charge in [0.25, 0.3) is 0 Å². The van der Waals surface area contributed by atoms with Gasteiger partial charge in [-0.05, 0) is 56.2 Å². The van der Waals surface area contributed by atoms with Gasteiger partial charge in [-0.25, -0.2) is 9.37 Å². The Bertz CT molecular complexity index is 892. The van der Waals surface area contributed by atoms with Crippen molar-refractivity contribution in [2.75, 3.05) is 38.2 Å². The molecule has 168 valence electrons. The van der Waals surface area contributed by atoms with Crippen LogP contribution in [0, 0.1) is 11.7 Å². The van der Waals surface area contributed by atoms with Crippen molar-refractivity contribution < 1.29 is 9.13 Å². The van der Waals surface area contributed by atoms with Gasteiger partial charge < -0.3 is 20.3 Å². The van der Waals surface area contributed by atoms with E-state index in [4.69, 9.17) is 9.72 Å². The van der Waals surface area contributed by atoms with Gasteiger partial charge >= 0.3 is 0 Å². The van der Waals surface area contributed by atoms with Crippen molar-refractivity contribution in [3.63, 3.8) is 0 Å². The number of ether oxygens (including phenoxy) is 1. The summed E-state index contributed by atoms with van der Waals surface area (Å²) in [6, 6.07) is 5.09. The van der Waals surface area contributed by atoms with Gasteiger partial charge in [-0.15, -0.1) is 11.3 Å². The fourth-order valence-corrected chi connectivity index (χ4v) is 4.57. The topological polar surface area (TPSA) is 61.8 Å². The minimum absolute atomic E-state index is 0.0841. The number of guanidine groups is 1. The minimum atomic E-state index is -0.313. The van der Waals surface area contributed by atoms with Crippen LogP contribution >= 0.6 is 11.3 Å². The van der Waals surface area contributed by atoms with E-state index in [0.29, 0.717) is 24.2 Å². The fraction of sp³-hybridized carbons (Fsp3) is 0.565. The number of hydrogen-bond donors (Lipinski definition) is 2. The lowest BCUT2D eigenvalue weighted by atomic mass is 10.1. The monoisotopic (exact) mass is 445 g/mol. The normalized spacial score (nSPS) is 17.6. The van der Waals surface area contributed by atoms with E-state index in [2.05, 4.69) is 25.9 Å². The van der Waals surface area contributed by atoms with Gasteiger partial charge in [-0.3, -0.25) is 4.99 Å². The van der Waals surface area contributed by atoms with Gasteiger partial charge in [0.15, 0.2) is 22.7 Å². The molecule has 1 atom stereocenters. The average Bonchev–Trinajstić information content (AvgIpc) is 3.23. The molecule has 1 aliphatic heterocycles. The Hall–Kier alpha value is -2.35. The van der Waals surface area contributed by atoms with Crippen molar-refractivity contribution in [3.05, 3.63) is 40.7 Å². The molecule has 1 aromatic heterocycles. The molecule has 8 heteroatoms. The minimum Gasteiger partial charge on any atom is -0.490 e. The summed E-state index contributed by atoms with van der Waals surface area (Å²) < 4.78 is 20.0. The van der Waals surface area contributed by atoms with Gasteiger partial charge in [0.05, 0.1) is 18.3 Å². The van der Waals surface area contributed by atoms with Crippen LogP contribution in [0.1, 0.15) is 49.9 Å². The Balaban J connectivity index is 1.24. The van der Waals surface area contributed by atoms with Crippen molar-refractivity contribution in [1.82, 2.24) is 15.6 Å². The third kappa shape index (κ3) is 6.09. The summed E-state index contributed by atoms with van der Waals surface area (Å²) in [6.45, 7) is 5.58. The third-order valence-electron chi connectivity index (χ3n) is 5.79. The zero-order valence-corrected chi connectivity index (χ0v) is 19.2. The van der Waals surface area contributed by atoms with E-state index in [-0.39, 0.29) is 11.9 Å². The molecule has 2 aliphatic rings. The summed E-state index contributed by atoms with van der Waals surface area (Å²) in [7, 11) is 1.74. The lowest BCUT2D eigenvalue weighted by molar-refractivity contribution is 0.285. The van der Waals surface area contributed by atoms with Crippen LogP contribution in [0.15, 0.2) is 28.6 Å². The molecule has 1 aromatic carbocycles. The van der Waals surface area contributed by atoms with Gasteiger partial charge in [-0.1, -0.05) is 6.07 Å². The summed E-state index contributed by atoms with van der Waals surface area (Å²) >= 11 is 1.73. The van der Waals surface area contributed by atoms with Crippen molar-refractivity contribution in [1.29, 1.82) is 0 Å². The molecule has 4 rings (SSSR count). The van der Waals surface area contributed by atoms with Crippen molar-refractivity contribution in [2.45, 2.75) is 45.1 Å². The number of halogens is 1. The lowest BCUT2D eigenvalue weighted by Crippen LogP contribution is -2.39. The highest BCUT2D eigenvalue weighted by Gasteiger charge is 2.22. The molecule has 2 N–H and O–H groups in total. The number of aliphatic imine (C=N–C) groups is 1. The first-order chi connectivity index (χ1) is 15.1. The van der Waals surface area contributed by atoms with Gasteiger partial charge in [0.2, 0.25) is 0 Å². The number of thiazole rings is 1. The first-order valence-corrected chi connectivity index (χ1v) is 12.1. The van der Waals surface area contributed by atoms with Crippen LogP contribution in [0.5, 0.6) is 5.75 Å². The molecule has 31 heavy (non-hydrogen) atoms. The fourth-order valence-electron chi connectivity index (χ4n) is 3.65. The van der Waals surface area contributed by atoms with E-state index < -0.39 is 0 Å². The molecule has 1 saturated carbocycles. The van der Waals surface area contributed by atoms with Crippen LogP contribution < -0.4 is 20.3 Å². The molecule has 2 heterocycles. The smallest absolute Gasteiger partial charge is 0.191 e. The number of hydrogen-bond acceptors (Lipinski definition) is 5. The number of anilines is 1. The number of rotatable bonds is 9. The van der Waals surface area contributed by atoms with E-state index in [1.807, 2.05) is 13.0 Å². The van der Waals surface area contributed by atoms with E-state index in [1.54, 1.807) is 30.5 Å². The Labute approximate surface area is 187 Å². The Morgan fingerprint density at radius 3 is 2.87 bits per heavy atom. The van der Waals surface area contributed by atoms with Crippen LogP contribution in [0.2, 0.25) is 0 Å². The van der Waals surface area contributed by atoms with Crippen molar-refractivity contribution >= 4 is 22.4 Å². The van der Waals surface area contributed by atoms with E-state index in [0.717, 1.165) is 42.4 Å². The second-order valence-corrected chi connectivity index (χ2v) is 9.21. The van der Waals surface area contributed by atoms with Crippen LogP contribution in [0.3, 0.4) is 0 Å². The highest BCUT2D eigenvalue weighted by molar-refractivity contribution is 7.13. The summed E-state index contributed by atoms with van der Waals surface area (Å²) in [5, 5.41) is 9.94. The van der Waals surface area contributed by atoms with Crippen molar-refractivity contribution in [2.24, 2.45) is 10.9 Å². The summed E-state index contributed by atoms with van der Waals surface area (Å²) in [4.78, 5) is 11.4. The largest absolute Gasteiger partial charge is 0.490 e. The maximum atomic E-state index is 14.4. The van der Waals surface area contributed by atoms with Gasteiger partial charge in [-0.2, -0.15) is 0 Å². The quantitative estimate of drug-likeness (QED) is 0.449. The standard InChI is InChI=1S/C23H32FN5OS/c1-16(18-7-8-21(20(24)13-18)30-14-17-5-6-17)27-22(25-2)26-10-9-19-15-31-23(28-19)29-11-3-4-12-29/h7-8,13,15-17H,3-6,9-12,14H2,1-2H3,(H2,25,26,27). The number of benzene rings is 1. The van der Waals surface area contributed by atoms with Crippen LogP contribution in [-0.4, -0.2) is 44.2 Å². The average molecular weight is 446 g/mol. The molecule has 1 unspecified atom stereocenters. The first kappa shape index (κ1) is 21.9. The maximum Gasteiger partial charge on any atom is 0.191 e. The molecule has 0 amide bonds. The predicted octanol–water partition coefficient (Wildman–Crippen LogP) is 4.14. The number of nitrogens with zero attached hydrogens (tertiary/aromatic N) is 3. The number of nitrogens with one attached hydrogen (secondary N) is 2. The highest BCUT2D eigenvalue weighted by atomic mass is 32.1. The maximum absolute atomic E-state index is 14.4. The molecule has 0 radical (unpaired) electrons. The molecule has 2 aromatic rings. The molecule has 0 spiro atoms. The molecule has 1 saturated heterocycles. The molecule has 1 aliphatic carbocycles. The molecular formula is C23H32FN5OS. The molecule has 0 bridgehead atoms. The second kappa shape index (κ2) is 10.3. The van der Waals surface area contributed by atoms with Crippen molar-refractivity contribution in [3.8, 4) is 5.75 Å². The summed E-state index contributed by atoms with van der Waals surface area (Å²) in [6.07, 6.45) is 5.73. The first-order valence-electron chi connectivity index (χ1n) is 11.2. The molecular weight excluding hydrogens is 413 g/mol. The zero-order valence-electron chi connectivity index (χ0n) is 18.4. The molecule has 2 fully saturated rings. The lowest BCUT2D eigenvalue weighted by Gasteiger charge is -2.19.